The Hall–Kier alpha value is -4.14. The molecule has 194 valence electrons. The largest absolute Gasteiger partial charge is 0.507 e. The highest BCUT2D eigenvalue weighted by atomic mass is 16.3. The highest BCUT2D eigenvalue weighted by Gasteiger charge is 2.39. The van der Waals surface area contributed by atoms with Gasteiger partial charge in [0.15, 0.2) is 11.6 Å². The van der Waals surface area contributed by atoms with Gasteiger partial charge in [0.25, 0.3) is 0 Å². The predicted octanol–water partition coefficient (Wildman–Crippen LogP) is 4.24. The molecule has 0 amide bonds. The Labute approximate surface area is 217 Å². The summed E-state index contributed by atoms with van der Waals surface area (Å²) in [5.41, 5.74) is -1.35. The smallest absolute Gasteiger partial charge is 0.169 e. The molecule has 0 bridgehead atoms. The van der Waals surface area contributed by atoms with Gasteiger partial charge in [-0.1, -0.05) is 18.2 Å². The Balaban J connectivity index is 1.73. The van der Waals surface area contributed by atoms with E-state index in [1.165, 1.54) is 13.0 Å². The summed E-state index contributed by atoms with van der Waals surface area (Å²) in [4.78, 5) is 26.0. The quantitative estimate of drug-likeness (QED) is 0.220. The lowest BCUT2D eigenvalue weighted by molar-refractivity contribution is 0.0396. The number of hydrogen-bond donors (Lipinski definition) is 6. The molecule has 6 rings (SSSR count). The van der Waals surface area contributed by atoms with Gasteiger partial charge >= 0.3 is 0 Å². The molecular weight excluding hydrogens is 488 g/mol. The zero-order valence-corrected chi connectivity index (χ0v) is 20.8. The van der Waals surface area contributed by atoms with Gasteiger partial charge in [0.2, 0.25) is 0 Å². The van der Waals surface area contributed by atoms with Crippen molar-refractivity contribution in [3.8, 4) is 34.1 Å². The molecule has 0 radical (unpaired) electrons. The van der Waals surface area contributed by atoms with Crippen molar-refractivity contribution in [2.75, 3.05) is 0 Å². The highest BCUT2D eigenvalue weighted by molar-refractivity contribution is 6.17. The lowest BCUT2D eigenvalue weighted by Crippen LogP contribution is -2.36. The minimum atomic E-state index is -1.41. The third-order valence-electron chi connectivity index (χ3n) is 7.76. The number of phenolic OH excluding ortho intramolecular Hbond substituents is 4. The van der Waals surface area contributed by atoms with Crippen LogP contribution < -0.4 is 0 Å². The molecule has 0 saturated heterocycles. The maximum atomic E-state index is 13.1. The summed E-state index contributed by atoms with van der Waals surface area (Å²) >= 11 is 0. The lowest BCUT2D eigenvalue weighted by atomic mass is 9.75. The summed E-state index contributed by atoms with van der Waals surface area (Å²) in [5, 5.41) is 66.6. The van der Waals surface area contributed by atoms with Gasteiger partial charge in [-0.05, 0) is 59.5 Å². The first kappa shape index (κ1) is 24.2. The molecule has 0 aromatic heterocycles. The van der Waals surface area contributed by atoms with Crippen LogP contribution in [0.15, 0.2) is 36.4 Å². The van der Waals surface area contributed by atoms with E-state index in [0.29, 0.717) is 27.5 Å². The van der Waals surface area contributed by atoms with E-state index in [1.807, 2.05) is 0 Å². The standard InChI is InChI=1S/C30H26O8/c1-29(37)9-14-8-13-6-7-16(26(34)22(13)27(35)21(14)19(32)11-29)23-15-4-3-5-18(31)24(15)28(36)25-17(23)10-30(2,38)12-20(25)33/h3-8,31,34-38H,9-12H2,1-2H3/t29-,30-/m1/s1. The minimum Gasteiger partial charge on any atom is -0.507 e. The summed E-state index contributed by atoms with van der Waals surface area (Å²) in [5.74, 6) is -2.37. The number of phenols is 4. The molecule has 0 saturated carbocycles. The van der Waals surface area contributed by atoms with Gasteiger partial charge in [0.05, 0.1) is 33.1 Å². The van der Waals surface area contributed by atoms with Crippen molar-refractivity contribution in [2.45, 2.75) is 50.7 Å². The first-order chi connectivity index (χ1) is 17.8. The maximum Gasteiger partial charge on any atom is 0.169 e. The van der Waals surface area contributed by atoms with Crippen LogP contribution in [-0.4, -0.2) is 53.4 Å². The van der Waals surface area contributed by atoms with Gasteiger partial charge < -0.3 is 30.6 Å². The topological polar surface area (TPSA) is 156 Å². The number of benzene rings is 4. The Bertz CT molecular complexity index is 1750. The van der Waals surface area contributed by atoms with Crippen LogP contribution in [0.2, 0.25) is 0 Å². The van der Waals surface area contributed by atoms with Crippen molar-refractivity contribution >= 4 is 33.1 Å². The molecule has 2 aliphatic rings. The van der Waals surface area contributed by atoms with E-state index in [2.05, 4.69) is 0 Å². The fourth-order valence-electron chi connectivity index (χ4n) is 6.29. The van der Waals surface area contributed by atoms with Crippen molar-refractivity contribution < 1.29 is 40.2 Å². The number of ketones is 2. The van der Waals surface area contributed by atoms with Crippen LogP contribution in [0.25, 0.3) is 32.7 Å². The fourth-order valence-corrected chi connectivity index (χ4v) is 6.29. The second-order valence-electron chi connectivity index (χ2n) is 11.1. The van der Waals surface area contributed by atoms with E-state index >= 15 is 0 Å². The maximum absolute atomic E-state index is 13.1. The Kier molecular flexibility index (Phi) is 4.90. The number of hydrogen-bond acceptors (Lipinski definition) is 8. The fraction of sp³-hybridized carbons (Fsp3) is 0.267. The molecule has 0 fully saturated rings. The van der Waals surface area contributed by atoms with Crippen molar-refractivity contribution in [3.63, 3.8) is 0 Å². The van der Waals surface area contributed by atoms with Crippen LogP contribution in [0.4, 0.5) is 0 Å². The number of rotatable bonds is 1. The molecule has 2 atom stereocenters. The second-order valence-corrected chi connectivity index (χ2v) is 11.1. The van der Waals surface area contributed by atoms with Crippen molar-refractivity contribution in [1.82, 2.24) is 0 Å². The summed E-state index contributed by atoms with van der Waals surface area (Å²) in [7, 11) is 0. The molecule has 8 nitrogen and oxygen atoms in total. The highest BCUT2D eigenvalue weighted by Crippen LogP contribution is 2.52. The third kappa shape index (κ3) is 3.37. The summed E-state index contributed by atoms with van der Waals surface area (Å²) in [6.45, 7) is 3.07. The van der Waals surface area contributed by atoms with Gasteiger partial charge in [0, 0.05) is 31.2 Å². The van der Waals surface area contributed by atoms with Crippen LogP contribution >= 0.6 is 0 Å². The summed E-state index contributed by atoms with van der Waals surface area (Å²) in [6, 6.07) is 9.46. The van der Waals surface area contributed by atoms with E-state index < -0.39 is 34.3 Å². The van der Waals surface area contributed by atoms with Gasteiger partial charge in [-0.3, -0.25) is 9.59 Å². The van der Waals surface area contributed by atoms with Gasteiger partial charge in [-0.25, -0.2) is 0 Å². The predicted molar refractivity (Wildman–Crippen MR) is 140 cm³/mol. The second kappa shape index (κ2) is 7.69. The SMILES string of the molecule is C[C@]1(O)CC(=O)c2c(cc3ccc(-c4c5c(c(O)c6c(O)cccc46)C(=O)C[C@](C)(O)C5)c(O)c3c2O)C1. The van der Waals surface area contributed by atoms with Crippen LogP contribution in [0.1, 0.15) is 58.5 Å². The first-order valence-corrected chi connectivity index (χ1v) is 12.3. The number of carbonyl (C=O) groups is 2. The molecule has 0 aliphatic heterocycles. The average molecular weight is 515 g/mol. The molecule has 4 aromatic rings. The Morgan fingerprint density at radius 2 is 1.32 bits per heavy atom. The molecule has 0 unspecified atom stereocenters. The molecule has 0 heterocycles. The van der Waals surface area contributed by atoms with Crippen molar-refractivity contribution in [1.29, 1.82) is 0 Å². The van der Waals surface area contributed by atoms with E-state index in [9.17, 15) is 40.2 Å². The van der Waals surface area contributed by atoms with Gasteiger partial charge in [-0.2, -0.15) is 0 Å². The molecule has 38 heavy (non-hydrogen) atoms. The molecule has 4 aromatic carbocycles. The van der Waals surface area contributed by atoms with E-state index in [0.717, 1.165) is 0 Å². The molecule has 2 aliphatic carbocycles. The van der Waals surface area contributed by atoms with Gasteiger partial charge in [-0.15, -0.1) is 0 Å². The number of fused-ring (bicyclic) bond motifs is 4. The van der Waals surface area contributed by atoms with Crippen molar-refractivity contribution in [2.24, 2.45) is 0 Å². The lowest BCUT2D eigenvalue weighted by Gasteiger charge is -2.32. The van der Waals surface area contributed by atoms with Crippen LogP contribution in [-0.2, 0) is 12.8 Å². The van der Waals surface area contributed by atoms with Crippen LogP contribution in [0.5, 0.6) is 23.0 Å². The van der Waals surface area contributed by atoms with E-state index in [-0.39, 0.29) is 64.6 Å². The Morgan fingerprint density at radius 3 is 2.03 bits per heavy atom. The number of aliphatic hydroxyl groups is 2. The number of Topliss-reactive ketones (excluding diaryl/α,β-unsaturated/α-hetero) is 2. The summed E-state index contributed by atoms with van der Waals surface area (Å²) < 4.78 is 0. The molecule has 0 spiro atoms. The van der Waals surface area contributed by atoms with Crippen LogP contribution in [0, 0.1) is 0 Å². The normalized spacial score (nSPS) is 23.1. The minimum absolute atomic E-state index is 0.0101. The molecule has 8 heteroatoms. The third-order valence-corrected chi connectivity index (χ3v) is 7.76. The van der Waals surface area contributed by atoms with E-state index in [1.54, 1.807) is 37.3 Å². The summed E-state index contributed by atoms with van der Waals surface area (Å²) in [6.07, 6.45) is -0.253. The van der Waals surface area contributed by atoms with Crippen LogP contribution in [0.3, 0.4) is 0 Å². The van der Waals surface area contributed by atoms with E-state index in [4.69, 9.17) is 0 Å². The first-order valence-electron chi connectivity index (χ1n) is 12.3. The zero-order valence-electron chi connectivity index (χ0n) is 20.8. The molecule has 6 N–H and O–H groups in total. The monoisotopic (exact) mass is 514 g/mol. The molecular formula is C30H26O8. The van der Waals surface area contributed by atoms with Gasteiger partial charge in [0.1, 0.15) is 23.0 Å². The number of carbonyl (C=O) groups excluding carboxylic acids is 2. The average Bonchev–Trinajstić information content (AvgIpc) is 2.77. The number of aromatic hydroxyl groups is 4. The van der Waals surface area contributed by atoms with Crippen molar-refractivity contribution in [3.05, 3.63) is 58.7 Å². The zero-order chi connectivity index (χ0) is 27.3. The Morgan fingerprint density at radius 1 is 0.684 bits per heavy atom.